The zero-order valence-corrected chi connectivity index (χ0v) is 11.4. The van der Waals surface area contributed by atoms with Crippen molar-refractivity contribution in [3.05, 3.63) is 65.3 Å². The summed E-state index contributed by atoms with van der Waals surface area (Å²) in [5.74, 6) is 0. The van der Waals surface area contributed by atoms with E-state index in [0.29, 0.717) is 11.3 Å². The molecule has 4 aromatic heterocycles. The number of rotatable bonds is 1. The molecule has 4 aromatic rings. The van der Waals surface area contributed by atoms with E-state index in [9.17, 15) is 4.79 Å². The van der Waals surface area contributed by atoms with Gasteiger partial charge in [0.25, 0.3) is 5.56 Å². The molecule has 0 aliphatic carbocycles. The molecule has 0 saturated carbocycles. The van der Waals surface area contributed by atoms with Crippen LogP contribution in [0.2, 0.25) is 0 Å². The predicted molar refractivity (Wildman–Crippen MR) is 81.2 cm³/mol. The molecular formula is C16H12N4O. The third-order valence-corrected chi connectivity index (χ3v) is 3.57. The monoisotopic (exact) mass is 276 g/mol. The molecule has 0 aliphatic heterocycles. The van der Waals surface area contributed by atoms with Crippen molar-refractivity contribution < 1.29 is 0 Å². The lowest BCUT2D eigenvalue weighted by Gasteiger charge is -2.04. The Kier molecular flexibility index (Phi) is 2.41. The molecule has 5 nitrogen and oxygen atoms in total. The van der Waals surface area contributed by atoms with Crippen molar-refractivity contribution in [2.45, 2.75) is 0 Å². The number of fused-ring (bicyclic) bond motifs is 2. The second-order valence-electron chi connectivity index (χ2n) is 4.97. The Morgan fingerprint density at radius 2 is 2.00 bits per heavy atom. The fourth-order valence-electron chi connectivity index (χ4n) is 2.50. The smallest absolute Gasteiger partial charge is 0.258 e. The first-order valence-corrected chi connectivity index (χ1v) is 6.62. The third-order valence-electron chi connectivity index (χ3n) is 3.57. The van der Waals surface area contributed by atoms with Crippen LogP contribution in [0.25, 0.3) is 27.9 Å². The molecule has 5 heteroatoms. The van der Waals surface area contributed by atoms with Crippen LogP contribution in [0.15, 0.2) is 59.8 Å². The van der Waals surface area contributed by atoms with E-state index in [0.717, 1.165) is 16.6 Å². The minimum Gasteiger partial charge on any atom is -0.336 e. The molecule has 4 rings (SSSR count). The van der Waals surface area contributed by atoms with Crippen LogP contribution >= 0.6 is 0 Å². The van der Waals surface area contributed by atoms with Gasteiger partial charge in [0.1, 0.15) is 11.3 Å². The summed E-state index contributed by atoms with van der Waals surface area (Å²) in [5, 5.41) is 1.03. The second-order valence-corrected chi connectivity index (χ2v) is 4.97. The first-order valence-electron chi connectivity index (χ1n) is 6.62. The van der Waals surface area contributed by atoms with Crippen LogP contribution in [0.5, 0.6) is 0 Å². The predicted octanol–water partition coefficient (Wildman–Crippen LogP) is 2.25. The number of pyridine rings is 2. The summed E-state index contributed by atoms with van der Waals surface area (Å²) in [5.41, 5.74) is 2.94. The Bertz CT molecular complexity index is 1030. The highest BCUT2D eigenvalue weighted by Crippen LogP contribution is 2.21. The molecule has 0 atom stereocenters. The number of aryl methyl sites for hydroxylation is 1. The van der Waals surface area contributed by atoms with Gasteiger partial charge in [0, 0.05) is 42.7 Å². The van der Waals surface area contributed by atoms with Crippen LogP contribution in [0.4, 0.5) is 0 Å². The van der Waals surface area contributed by atoms with Gasteiger partial charge in [-0.1, -0.05) is 6.07 Å². The molecule has 0 aliphatic rings. The maximum atomic E-state index is 12.1. The van der Waals surface area contributed by atoms with Crippen molar-refractivity contribution in [2.75, 3.05) is 0 Å². The standard InChI is InChI=1S/C16H12N4O/c1-19-7-5-11-8-12(10-17-16(11)19)13-9-15(21)20-6-3-2-4-14(20)18-13/h2-10H,1H3. The first-order chi connectivity index (χ1) is 10.2. The fourth-order valence-corrected chi connectivity index (χ4v) is 2.50. The molecule has 0 spiro atoms. The zero-order chi connectivity index (χ0) is 14.4. The van der Waals surface area contributed by atoms with Crippen LogP contribution in [-0.4, -0.2) is 18.9 Å². The van der Waals surface area contributed by atoms with Crippen LogP contribution in [0.1, 0.15) is 0 Å². The summed E-state index contributed by atoms with van der Waals surface area (Å²) >= 11 is 0. The van der Waals surface area contributed by atoms with E-state index in [-0.39, 0.29) is 5.56 Å². The van der Waals surface area contributed by atoms with Crippen molar-refractivity contribution in [1.29, 1.82) is 0 Å². The van der Waals surface area contributed by atoms with Crippen molar-refractivity contribution in [3.63, 3.8) is 0 Å². The summed E-state index contributed by atoms with van der Waals surface area (Å²) < 4.78 is 3.49. The Balaban J connectivity index is 1.97. The highest BCUT2D eigenvalue weighted by molar-refractivity contribution is 5.81. The van der Waals surface area contributed by atoms with Crippen LogP contribution in [0.3, 0.4) is 0 Å². The molecule has 0 amide bonds. The molecule has 4 heterocycles. The average Bonchev–Trinajstić information content (AvgIpc) is 2.88. The maximum Gasteiger partial charge on any atom is 0.258 e. The van der Waals surface area contributed by atoms with Crippen LogP contribution in [-0.2, 0) is 7.05 Å². The van der Waals surface area contributed by atoms with Crippen LogP contribution in [0, 0.1) is 0 Å². The van der Waals surface area contributed by atoms with Gasteiger partial charge < -0.3 is 4.57 Å². The van der Waals surface area contributed by atoms with Gasteiger partial charge in [0.2, 0.25) is 0 Å². The molecule has 0 fully saturated rings. The number of nitrogens with zero attached hydrogens (tertiary/aromatic N) is 4. The Morgan fingerprint density at radius 3 is 2.90 bits per heavy atom. The van der Waals surface area contributed by atoms with Gasteiger partial charge in [0.15, 0.2) is 0 Å². The van der Waals surface area contributed by atoms with Crippen molar-refractivity contribution in [3.8, 4) is 11.3 Å². The van der Waals surface area contributed by atoms with Gasteiger partial charge in [-0.2, -0.15) is 0 Å². The quantitative estimate of drug-likeness (QED) is 0.536. The molecular weight excluding hydrogens is 264 g/mol. The molecule has 0 bridgehead atoms. The van der Waals surface area contributed by atoms with Gasteiger partial charge in [0.05, 0.1) is 5.69 Å². The summed E-state index contributed by atoms with van der Waals surface area (Å²) in [6, 6.07) is 11.0. The highest BCUT2D eigenvalue weighted by Gasteiger charge is 2.07. The topological polar surface area (TPSA) is 52.2 Å². The molecule has 0 radical (unpaired) electrons. The minimum atomic E-state index is -0.0937. The lowest BCUT2D eigenvalue weighted by molar-refractivity contribution is 0.948. The van der Waals surface area contributed by atoms with Crippen molar-refractivity contribution >= 4 is 16.7 Å². The highest BCUT2D eigenvalue weighted by atomic mass is 16.1. The molecule has 0 aromatic carbocycles. The lowest BCUT2D eigenvalue weighted by atomic mass is 10.1. The zero-order valence-electron chi connectivity index (χ0n) is 11.4. The average molecular weight is 276 g/mol. The van der Waals surface area contributed by atoms with Gasteiger partial charge in [-0.25, -0.2) is 9.97 Å². The third kappa shape index (κ3) is 1.82. The Hall–Kier alpha value is -2.95. The maximum absolute atomic E-state index is 12.1. The van der Waals surface area contributed by atoms with Crippen molar-refractivity contribution in [1.82, 2.24) is 18.9 Å². The van der Waals surface area contributed by atoms with Gasteiger partial charge >= 0.3 is 0 Å². The molecule has 102 valence electrons. The molecule has 21 heavy (non-hydrogen) atoms. The normalized spacial score (nSPS) is 11.3. The minimum absolute atomic E-state index is 0.0937. The van der Waals surface area contributed by atoms with Gasteiger partial charge in [-0.3, -0.25) is 9.20 Å². The van der Waals surface area contributed by atoms with Gasteiger partial charge in [-0.15, -0.1) is 0 Å². The van der Waals surface area contributed by atoms with E-state index in [1.807, 2.05) is 48.1 Å². The second kappa shape index (κ2) is 4.28. The van der Waals surface area contributed by atoms with Crippen molar-refractivity contribution in [2.24, 2.45) is 7.05 Å². The SMILES string of the molecule is Cn1ccc2cc(-c3cc(=O)n4ccccc4n3)cnc21. The fraction of sp³-hybridized carbons (Fsp3) is 0.0625. The number of aromatic nitrogens is 4. The summed E-state index contributed by atoms with van der Waals surface area (Å²) in [6.07, 6.45) is 5.43. The Morgan fingerprint density at radius 1 is 1.10 bits per heavy atom. The lowest BCUT2D eigenvalue weighted by Crippen LogP contribution is -2.13. The van der Waals surface area contributed by atoms with Gasteiger partial charge in [-0.05, 0) is 24.3 Å². The molecule has 0 N–H and O–H groups in total. The van der Waals surface area contributed by atoms with Crippen LogP contribution < -0.4 is 5.56 Å². The van der Waals surface area contributed by atoms with E-state index in [2.05, 4.69) is 9.97 Å². The van der Waals surface area contributed by atoms with E-state index < -0.39 is 0 Å². The largest absolute Gasteiger partial charge is 0.336 e. The number of hydrogen-bond acceptors (Lipinski definition) is 3. The summed E-state index contributed by atoms with van der Waals surface area (Å²) in [4.78, 5) is 21.1. The van der Waals surface area contributed by atoms with E-state index in [1.54, 1.807) is 18.5 Å². The number of hydrogen-bond donors (Lipinski definition) is 0. The molecule has 0 unspecified atom stereocenters. The Labute approximate surface area is 120 Å². The summed E-state index contributed by atoms with van der Waals surface area (Å²) in [7, 11) is 1.95. The van der Waals surface area contributed by atoms with E-state index >= 15 is 0 Å². The van der Waals surface area contributed by atoms with E-state index in [4.69, 9.17) is 0 Å². The van der Waals surface area contributed by atoms with E-state index in [1.165, 1.54) is 4.40 Å². The first kappa shape index (κ1) is 11.8. The summed E-state index contributed by atoms with van der Waals surface area (Å²) in [6.45, 7) is 0. The molecule has 0 saturated heterocycles.